The summed E-state index contributed by atoms with van der Waals surface area (Å²) in [5, 5.41) is 7.94. The van der Waals surface area contributed by atoms with Gasteiger partial charge in [0.15, 0.2) is 9.84 Å². The van der Waals surface area contributed by atoms with E-state index in [1.54, 1.807) is 0 Å². The fourth-order valence-electron chi connectivity index (χ4n) is 0.439. The molecular formula is C4H6F2O4S. The molecule has 4 nitrogen and oxygen atoms in total. The highest BCUT2D eigenvalue weighted by Crippen LogP contribution is 1.99. The van der Waals surface area contributed by atoms with Crippen molar-refractivity contribution < 1.29 is 27.1 Å². The third-order valence-corrected chi connectivity index (χ3v) is 2.17. The summed E-state index contributed by atoms with van der Waals surface area (Å²) in [6, 6.07) is 0. The van der Waals surface area contributed by atoms with Crippen molar-refractivity contribution in [1.29, 1.82) is 0 Å². The summed E-state index contributed by atoms with van der Waals surface area (Å²) < 4.78 is 43.6. The van der Waals surface area contributed by atoms with E-state index in [1.807, 2.05) is 0 Å². The van der Waals surface area contributed by atoms with Gasteiger partial charge in [0.2, 0.25) is 0 Å². The number of hydrogen-bond acceptors (Lipinski definition) is 3. The summed E-state index contributed by atoms with van der Waals surface area (Å²) in [7, 11) is -4.13. The lowest BCUT2D eigenvalue weighted by Crippen LogP contribution is -2.21. The normalized spacial score (nSPS) is 11.9. The van der Waals surface area contributed by atoms with Gasteiger partial charge in [-0.2, -0.15) is 0 Å². The number of rotatable bonds is 4. The Morgan fingerprint density at radius 3 is 2.18 bits per heavy atom. The molecule has 0 heterocycles. The molecule has 0 fully saturated rings. The molecule has 7 heteroatoms. The Hall–Kier alpha value is -0.720. The Morgan fingerprint density at radius 1 is 1.45 bits per heavy atom. The largest absolute Gasteiger partial charge is 0.480 e. The van der Waals surface area contributed by atoms with E-state index >= 15 is 0 Å². The van der Waals surface area contributed by atoms with Crippen molar-refractivity contribution in [2.75, 3.05) is 11.5 Å². The summed E-state index contributed by atoms with van der Waals surface area (Å²) in [6.45, 7) is 0. The monoisotopic (exact) mass is 188 g/mol. The van der Waals surface area contributed by atoms with E-state index < -0.39 is 33.7 Å². The van der Waals surface area contributed by atoms with E-state index in [-0.39, 0.29) is 0 Å². The molecular weight excluding hydrogens is 182 g/mol. The van der Waals surface area contributed by atoms with Crippen LogP contribution in [0.5, 0.6) is 0 Å². The summed E-state index contributed by atoms with van der Waals surface area (Å²) in [5.74, 6) is -4.25. The zero-order valence-electron chi connectivity index (χ0n) is 5.33. The van der Waals surface area contributed by atoms with Gasteiger partial charge in [-0.25, -0.2) is 17.2 Å². The Kier molecular flexibility index (Phi) is 3.37. The number of alkyl halides is 2. The molecule has 0 aromatic carbocycles. The SMILES string of the molecule is O=C(O)CS(=O)(=O)CC(F)F. The highest BCUT2D eigenvalue weighted by molar-refractivity contribution is 7.92. The molecule has 1 N–H and O–H groups in total. The molecule has 0 atom stereocenters. The standard InChI is InChI=1S/C4H6F2O4S/c5-3(6)1-11(9,10)2-4(7)8/h3H,1-2H2,(H,7,8). The van der Waals surface area contributed by atoms with Gasteiger partial charge in [0, 0.05) is 0 Å². The van der Waals surface area contributed by atoms with Gasteiger partial charge in [-0.1, -0.05) is 0 Å². The third-order valence-electron chi connectivity index (χ3n) is 0.723. The Bertz CT molecular complexity index is 232. The van der Waals surface area contributed by atoms with Crippen molar-refractivity contribution in [2.45, 2.75) is 6.43 Å². The van der Waals surface area contributed by atoms with Crippen LogP contribution < -0.4 is 0 Å². The number of carboxylic acid groups (broad SMARTS) is 1. The minimum Gasteiger partial charge on any atom is -0.480 e. The van der Waals surface area contributed by atoms with Crippen molar-refractivity contribution in [1.82, 2.24) is 0 Å². The fourth-order valence-corrected chi connectivity index (χ4v) is 1.32. The lowest BCUT2D eigenvalue weighted by molar-refractivity contribution is -0.134. The molecule has 0 saturated heterocycles. The van der Waals surface area contributed by atoms with Crippen LogP contribution in [0.2, 0.25) is 0 Å². The molecule has 0 aromatic rings. The van der Waals surface area contributed by atoms with Gasteiger partial charge in [0.05, 0.1) is 0 Å². The Labute approximate surface area is 61.7 Å². The topological polar surface area (TPSA) is 71.4 Å². The van der Waals surface area contributed by atoms with E-state index in [1.165, 1.54) is 0 Å². The molecule has 0 rings (SSSR count). The van der Waals surface area contributed by atoms with Crippen LogP contribution in [0.25, 0.3) is 0 Å². The molecule has 0 bridgehead atoms. The van der Waals surface area contributed by atoms with Crippen LogP contribution in [0.1, 0.15) is 0 Å². The number of carbonyl (C=O) groups is 1. The van der Waals surface area contributed by atoms with Crippen molar-refractivity contribution in [3.63, 3.8) is 0 Å². The van der Waals surface area contributed by atoms with E-state index in [9.17, 15) is 22.0 Å². The second-order valence-electron chi connectivity index (χ2n) is 1.84. The van der Waals surface area contributed by atoms with Gasteiger partial charge in [-0.3, -0.25) is 4.79 Å². The maximum Gasteiger partial charge on any atom is 0.318 e. The highest BCUT2D eigenvalue weighted by Gasteiger charge is 2.20. The summed E-state index contributed by atoms with van der Waals surface area (Å²) in [4.78, 5) is 9.77. The van der Waals surface area contributed by atoms with Gasteiger partial charge < -0.3 is 5.11 Å². The Morgan fingerprint density at radius 2 is 1.91 bits per heavy atom. The number of carboxylic acids is 1. The molecule has 0 aliphatic heterocycles. The van der Waals surface area contributed by atoms with E-state index in [4.69, 9.17) is 5.11 Å². The molecule has 11 heavy (non-hydrogen) atoms. The lowest BCUT2D eigenvalue weighted by atomic mass is 10.8. The van der Waals surface area contributed by atoms with Crippen LogP contribution in [0, 0.1) is 0 Å². The maximum atomic E-state index is 11.4. The van der Waals surface area contributed by atoms with Crippen LogP contribution in [0.15, 0.2) is 0 Å². The second-order valence-corrected chi connectivity index (χ2v) is 3.95. The Balaban J connectivity index is 4.14. The highest BCUT2D eigenvalue weighted by atomic mass is 32.2. The number of hydrogen-bond donors (Lipinski definition) is 1. The van der Waals surface area contributed by atoms with Crippen LogP contribution >= 0.6 is 0 Å². The first-order valence-electron chi connectivity index (χ1n) is 2.54. The van der Waals surface area contributed by atoms with E-state index in [0.29, 0.717) is 0 Å². The molecule has 0 unspecified atom stereocenters. The van der Waals surface area contributed by atoms with Gasteiger partial charge >= 0.3 is 5.97 Å². The molecule has 0 amide bonds. The van der Waals surface area contributed by atoms with Gasteiger partial charge in [-0.05, 0) is 0 Å². The minimum atomic E-state index is -4.13. The van der Waals surface area contributed by atoms with Crippen LogP contribution in [0.4, 0.5) is 8.78 Å². The fraction of sp³-hybridized carbons (Fsp3) is 0.750. The molecule has 0 spiro atoms. The molecule has 0 saturated carbocycles. The third kappa shape index (κ3) is 5.71. The predicted molar refractivity (Wildman–Crippen MR) is 32.3 cm³/mol. The van der Waals surface area contributed by atoms with Gasteiger partial charge in [0.1, 0.15) is 11.5 Å². The van der Waals surface area contributed by atoms with Crippen molar-refractivity contribution in [2.24, 2.45) is 0 Å². The first-order chi connectivity index (χ1) is 4.83. The molecule has 0 radical (unpaired) electrons. The van der Waals surface area contributed by atoms with E-state index in [0.717, 1.165) is 0 Å². The minimum absolute atomic E-state index is 1.24. The van der Waals surface area contributed by atoms with Crippen LogP contribution in [-0.4, -0.2) is 37.4 Å². The molecule has 66 valence electrons. The molecule has 0 aliphatic carbocycles. The second kappa shape index (κ2) is 3.61. The molecule has 0 aromatic heterocycles. The predicted octanol–water partition coefficient (Wildman–Crippen LogP) is -0.249. The maximum absolute atomic E-state index is 11.4. The lowest BCUT2D eigenvalue weighted by Gasteiger charge is -1.98. The number of sulfone groups is 1. The summed E-state index contributed by atoms with van der Waals surface area (Å²) in [6.07, 6.45) is -3.01. The zero-order valence-corrected chi connectivity index (χ0v) is 6.14. The van der Waals surface area contributed by atoms with E-state index in [2.05, 4.69) is 0 Å². The van der Waals surface area contributed by atoms with Crippen molar-refractivity contribution in [3.8, 4) is 0 Å². The van der Waals surface area contributed by atoms with Gasteiger partial charge in [0.25, 0.3) is 6.43 Å². The average molecular weight is 188 g/mol. The number of halogens is 2. The first-order valence-corrected chi connectivity index (χ1v) is 4.36. The average Bonchev–Trinajstić information content (AvgIpc) is 1.53. The van der Waals surface area contributed by atoms with Crippen LogP contribution in [-0.2, 0) is 14.6 Å². The summed E-state index contributed by atoms with van der Waals surface area (Å²) >= 11 is 0. The quantitative estimate of drug-likeness (QED) is 0.660. The smallest absolute Gasteiger partial charge is 0.318 e. The van der Waals surface area contributed by atoms with Crippen molar-refractivity contribution in [3.05, 3.63) is 0 Å². The van der Waals surface area contributed by atoms with Crippen molar-refractivity contribution >= 4 is 15.8 Å². The van der Waals surface area contributed by atoms with Gasteiger partial charge in [-0.15, -0.1) is 0 Å². The zero-order chi connectivity index (χ0) is 9.07. The number of aliphatic carboxylic acids is 1. The molecule has 0 aliphatic rings. The first kappa shape index (κ1) is 10.3. The van der Waals surface area contributed by atoms with Crippen LogP contribution in [0.3, 0.4) is 0 Å². The summed E-state index contributed by atoms with van der Waals surface area (Å²) in [5.41, 5.74) is 0.